The highest BCUT2D eigenvalue weighted by atomic mass is 35.5. The normalized spacial score (nSPS) is 24.3. The van der Waals surface area contributed by atoms with Gasteiger partial charge in [0.1, 0.15) is 11.3 Å². The summed E-state index contributed by atoms with van der Waals surface area (Å²) in [5, 5.41) is 1.93. The summed E-state index contributed by atoms with van der Waals surface area (Å²) in [4.78, 5) is 9.71. The van der Waals surface area contributed by atoms with Crippen molar-refractivity contribution in [2.75, 3.05) is 0 Å². The number of hydrogen-bond donors (Lipinski definition) is 1. The van der Waals surface area contributed by atoms with Crippen molar-refractivity contribution in [2.24, 2.45) is 0 Å². The fourth-order valence-corrected chi connectivity index (χ4v) is 1.41. The summed E-state index contributed by atoms with van der Waals surface area (Å²) in [6.07, 6.45) is -1.63. The molecule has 0 spiro atoms. The Balaban J connectivity index is 2.89. The molecular formula is C11H13ClF3NO2. The van der Waals surface area contributed by atoms with Crippen LogP contribution in [-0.2, 0) is 9.53 Å². The summed E-state index contributed by atoms with van der Waals surface area (Å²) in [7, 11) is 0. The first-order valence-corrected chi connectivity index (χ1v) is 5.49. The van der Waals surface area contributed by atoms with Crippen LogP contribution >= 0.6 is 11.6 Å². The van der Waals surface area contributed by atoms with Gasteiger partial charge < -0.3 is 10.1 Å². The minimum Gasteiger partial charge on any atom is -0.457 e. The molecule has 102 valence electrons. The molecule has 3 nitrogen and oxygen atoms in total. The molecule has 0 amide bonds. The van der Waals surface area contributed by atoms with Crippen LogP contribution in [0.3, 0.4) is 0 Å². The van der Waals surface area contributed by atoms with E-state index >= 15 is 0 Å². The first-order chi connectivity index (χ1) is 7.94. The number of carbonyl (C=O) groups is 1. The molecule has 18 heavy (non-hydrogen) atoms. The van der Waals surface area contributed by atoms with Gasteiger partial charge in [-0.2, -0.15) is 13.2 Å². The number of rotatable bonds is 1. The lowest BCUT2D eigenvalue weighted by atomic mass is 10.1. The van der Waals surface area contributed by atoms with E-state index in [1.54, 1.807) is 20.8 Å². The van der Waals surface area contributed by atoms with Gasteiger partial charge in [0.2, 0.25) is 5.00 Å². The lowest BCUT2D eigenvalue weighted by molar-refractivity contribution is -0.158. The highest BCUT2D eigenvalue weighted by molar-refractivity contribution is 6.35. The average Bonchev–Trinajstić information content (AvgIpc) is 2.13. The van der Waals surface area contributed by atoms with Crippen LogP contribution in [0.5, 0.6) is 0 Å². The second kappa shape index (κ2) is 4.50. The molecule has 0 fully saturated rings. The van der Waals surface area contributed by atoms with Gasteiger partial charge in [0.05, 0.1) is 0 Å². The molecule has 1 rings (SSSR count). The lowest BCUT2D eigenvalue weighted by Gasteiger charge is -2.31. The van der Waals surface area contributed by atoms with Crippen LogP contribution in [0.4, 0.5) is 13.2 Å². The molecule has 0 bridgehead atoms. The summed E-state index contributed by atoms with van der Waals surface area (Å²) in [5.74, 6) is -0.984. The van der Waals surface area contributed by atoms with Crippen molar-refractivity contribution in [2.45, 2.75) is 37.5 Å². The number of carbonyl (C=O) groups excluding carboxylic acids is 1. The van der Waals surface area contributed by atoms with Gasteiger partial charge in [0, 0.05) is 0 Å². The van der Waals surface area contributed by atoms with Crippen LogP contribution in [0.25, 0.3) is 0 Å². The van der Waals surface area contributed by atoms with Crippen molar-refractivity contribution in [3.63, 3.8) is 0 Å². The van der Waals surface area contributed by atoms with E-state index in [-0.39, 0.29) is 0 Å². The van der Waals surface area contributed by atoms with Gasteiger partial charge in [0.15, 0.2) is 0 Å². The van der Waals surface area contributed by atoms with Crippen LogP contribution < -0.4 is 5.32 Å². The van der Waals surface area contributed by atoms with Crippen molar-refractivity contribution >= 4 is 17.6 Å². The molecule has 0 aromatic carbocycles. The molecule has 1 aliphatic rings. The predicted octanol–water partition coefficient (Wildman–Crippen LogP) is 2.87. The Morgan fingerprint density at radius 3 is 2.39 bits per heavy atom. The Bertz CT molecular complexity index is 409. The molecule has 1 N–H and O–H groups in total. The van der Waals surface area contributed by atoms with E-state index in [1.807, 2.05) is 5.32 Å². The van der Waals surface area contributed by atoms with E-state index in [0.29, 0.717) is 0 Å². The largest absolute Gasteiger partial charge is 0.457 e. The number of allylic oxidation sites excluding steroid dienone is 3. The van der Waals surface area contributed by atoms with Crippen molar-refractivity contribution in [1.82, 2.24) is 5.32 Å². The van der Waals surface area contributed by atoms with E-state index in [4.69, 9.17) is 16.3 Å². The van der Waals surface area contributed by atoms with Crippen LogP contribution in [0, 0.1) is 0 Å². The average molecular weight is 284 g/mol. The van der Waals surface area contributed by atoms with Gasteiger partial charge in [0.25, 0.3) is 0 Å². The summed E-state index contributed by atoms with van der Waals surface area (Å²) in [5.41, 5.74) is -1.93. The fourth-order valence-electron chi connectivity index (χ4n) is 1.19. The number of dihydropyridines is 1. The molecule has 0 saturated carbocycles. The van der Waals surface area contributed by atoms with Gasteiger partial charge in [-0.1, -0.05) is 17.7 Å². The Morgan fingerprint density at radius 1 is 1.39 bits per heavy atom. The topological polar surface area (TPSA) is 38.3 Å². The summed E-state index contributed by atoms with van der Waals surface area (Å²) >= 11 is 5.82. The zero-order valence-electron chi connectivity index (χ0n) is 10.1. The first kappa shape index (κ1) is 14.9. The zero-order valence-corrected chi connectivity index (χ0v) is 10.8. The maximum atomic E-state index is 12.5. The second-order valence-electron chi connectivity index (χ2n) is 4.78. The molecule has 1 atom stereocenters. The molecule has 0 aliphatic carbocycles. The third kappa shape index (κ3) is 3.66. The van der Waals surface area contributed by atoms with Crippen molar-refractivity contribution in [3.05, 3.63) is 23.9 Å². The molecule has 0 saturated heterocycles. The molecule has 0 radical (unpaired) electrons. The zero-order chi connectivity index (χ0) is 14.2. The highest BCUT2D eigenvalue weighted by Gasteiger charge is 2.45. The highest BCUT2D eigenvalue weighted by Crippen LogP contribution is 2.31. The Kier molecular flexibility index (Phi) is 3.72. The van der Waals surface area contributed by atoms with E-state index in [1.165, 1.54) is 0 Å². The SMILES string of the molecule is CC(C)(C)OC(=O)C1(Cl)C=CC=C(C(F)(F)F)N1. The summed E-state index contributed by atoms with van der Waals surface area (Å²) < 4.78 is 42.5. The lowest BCUT2D eigenvalue weighted by Crippen LogP contribution is -2.51. The molecule has 0 aromatic heterocycles. The fraction of sp³-hybridized carbons (Fsp3) is 0.545. The van der Waals surface area contributed by atoms with Gasteiger partial charge in [-0.25, -0.2) is 4.79 Å². The molecule has 1 unspecified atom stereocenters. The minimum absolute atomic E-state index is 0.797. The monoisotopic (exact) mass is 283 g/mol. The van der Waals surface area contributed by atoms with E-state index in [2.05, 4.69) is 0 Å². The summed E-state index contributed by atoms with van der Waals surface area (Å²) in [6.45, 7) is 4.79. The number of alkyl halides is 4. The Labute approximate surface area is 108 Å². The van der Waals surface area contributed by atoms with Crippen molar-refractivity contribution in [1.29, 1.82) is 0 Å². The van der Waals surface area contributed by atoms with Crippen LogP contribution in [0.15, 0.2) is 23.9 Å². The smallest absolute Gasteiger partial charge is 0.430 e. The van der Waals surface area contributed by atoms with Gasteiger partial charge in [-0.3, -0.25) is 0 Å². The number of halogens is 4. The standard InChI is InChI=1S/C11H13ClF3NO2/c1-9(2,3)18-8(17)10(12)6-4-5-7(16-10)11(13,14)15/h4-6,16H,1-3H3. The van der Waals surface area contributed by atoms with E-state index in [0.717, 1.165) is 18.2 Å². The molecular weight excluding hydrogens is 271 g/mol. The Hall–Kier alpha value is -1.17. The van der Waals surface area contributed by atoms with Gasteiger partial charge in [-0.15, -0.1) is 0 Å². The third-order valence-electron chi connectivity index (χ3n) is 1.91. The van der Waals surface area contributed by atoms with Crippen molar-refractivity contribution < 1.29 is 22.7 Å². The quantitative estimate of drug-likeness (QED) is 0.457. The van der Waals surface area contributed by atoms with Crippen molar-refractivity contribution in [3.8, 4) is 0 Å². The molecule has 7 heteroatoms. The second-order valence-corrected chi connectivity index (χ2v) is 5.37. The number of esters is 1. The van der Waals surface area contributed by atoms with Crippen LogP contribution in [0.1, 0.15) is 20.8 Å². The molecule has 0 aromatic rings. The third-order valence-corrected chi connectivity index (χ3v) is 2.28. The molecule has 1 heterocycles. The maximum Gasteiger partial charge on any atom is 0.430 e. The molecule has 1 aliphatic heterocycles. The minimum atomic E-state index is -4.60. The van der Waals surface area contributed by atoms with Gasteiger partial charge in [-0.05, 0) is 32.9 Å². The maximum absolute atomic E-state index is 12.5. The van der Waals surface area contributed by atoms with Crippen LogP contribution in [0.2, 0.25) is 0 Å². The van der Waals surface area contributed by atoms with Crippen LogP contribution in [-0.4, -0.2) is 22.7 Å². The Morgan fingerprint density at radius 2 is 1.94 bits per heavy atom. The predicted molar refractivity (Wildman–Crippen MR) is 60.8 cm³/mol. The summed E-state index contributed by atoms with van der Waals surface area (Å²) in [6, 6.07) is 0. The first-order valence-electron chi connectivity index (χ1n) is 5.11. The number of ether oxygens (including phenoxy) is 1. The van der Waals surface area contributed by atoms with E-state index < -0.39 is 28.4 Å². The van der Waals surface area contributed by atoms with Gasteiger partial charge >= 0.3 is 12.1 Å². The number of nitrogens with one attached hydrogen (secondary N) is 1. The number of hydrogen-bond acceptors (Lipinski definition) is 3. The van der Waals surface area contributed by atoms with E-state index in [9.17, 15) is 18.0 Å².